The second kappa shape index (κ2) is 5.57. The third-order valence-corrected chi connectivity index (χ3v) is 3.18. The number of hydrogen-bond acceptors (Lipinski definition) is 5. The van der Waals surface area contributed by atoms with E-state index in [0.717, 1.165) is 0 Å². The van der Waals surface area contributed by atoms with Crippen molar-refractivity contribution >= 4 is 12.5 Å². The molecule has 0 unspecified atom stereocenters. The predicted octanol–water partition coefficient (Wildman–Crippen LogP) is 1.88. The molecule has 0 aliphatic carbocycles. The number of nitrogens with zero attached hydrogens (tertiary/aromatic N) is 4. The van der Waals surface area contributed by atoms with Crippen LogP contribution in [0.25, 0.3) is 0 Å². The van der Waals surface area contributed by atoms with Crippen molar-refractivity contribution in [1.82, 2.24) is 9.97 Å². The van der Waals surface area contributed by atoms with Gasteiger partial charge in [-0.2, -0.15) is 13.2 Å². The maximum absolute atomic E-state index is 12.6. The highest BCUT2D eigenvalue weighted by molar-refractivity contribution is 6.67. The number of rotatable bonds is 2. The minimum absolute atomic E-state index is 0.0142. The SMILES string of the molecule is COc1nc(C(F)(F)F)cnc1N1CCB(C#N)CC1. The van der Waals surface area contributed by atoms with Crippen molar-refractivity contribution in [2.24, 2.45) is 0 Å². The van der Waals surface area contributed by atoms with Gasteiger partial charge in [-0.25, -0.2) is 15.2 Å². The molecule has 1 aliphatic rings. The summed E-state index contributed by atoms with van der Waals surface area (Å²) in [5.74, 6) is 2.34. The first-order valence-electron chi connectivity index (χ1n) is 6.08. The average molecular weight is 284 g/mol. The van der Waals surface area contributed by atoms with Crippen LogP contribution in [0.15, 0.2) is 6.20 Å². The van der Waals surface area contributed by atoms with Gasteiger partial charge in [-0.15, -0.1) is 0 Å². The highest BCUT2D eigenvalue weighted by Crippen LogP contribution is 2.32. The molecule has 0 spiro atoms. The van der Waals surface area contributed by atoms with Crippen LogP contribution in [-0.2, 0) is 6.18 Å². The van der Waals surface area contributed by atoms with Gasteiger partial charge in [0.05, 0.1) is 13.3 Å². The lowest BCUT2D eigenvalue weighted by Gasteiger charge is -2.29. The molecule has 0 amide bonds. The highest BCUT2D eigenvalue weighted by Gasteiger charge is 2.35. The number of ether oxygens (including phenoxy) is 1. The Balaban J connectivity index is 2.23. The molecule has 0 radical (unpaired) electrons. The molecule has 2 heterocycles. The summed E-state index contributed by atoms with van der Waals surface area (Å²) in [6.45, 7) is 1.09. The first-order chi connectivity index (χ1) is 9.45. The van der Waals surface area contributed by atoms with Crippen LogP contribution in [0.2, 0.25) is 12.6 Å². The molecular weight excluding hydrogens is 272 g/mol. The molecule has 0 saturated carbocycles. The van der Waals surface area contributed by atoms with Crippen LogP contribution < -0.4 is 9.64 Å². The smallest absolute Gasteiger partial charge is 0.435 e. The lowest BCUT2D eigenvalue weighted by atomic mass is 9.45. The molecule has 1 aromatic heterocycles. The van der Waals surface area contributed by atoms with Crippen LogP contribution in [0.3, 0.4) is 0 Å². The van der Waals surface area contributed by atoms with Gasteiger partial charge in [-0.1, -0.05) is 0 Å². The van der Waals surface area contributed by atoms with Crippen molar-refractivity contribution in [1.29, 1.82) is 5.26 Å². The molecular formula is C11H12BF3N4O. The van der Waals surface area contributed by atoms with Gasteiger partial charge >= 0.3 is 6.18 Å². The summed E-state index contributed by atoms with van der Waals surface area (Å²) in [7, 11) is 1.26. The summed E-state index contributed by atoms with van der Waals surface area (Å²) in [5.41, 5.74) is -1.08. The van der Waals surface area contributed by atoms with Crippen LogP contribution in [0.5, 0.6) is 5.88 Å². The Bertz CT molecular complexity index is 523. The van der Waals surface area contributed by atoms with Crippen molar-refractivity contribution < 1.29 is 17.9 Å². The maximum Gasteiger partial charge on any atom is 0.435 e. The van der Waals surface area contributed by atoms with E-state index in [0.29, 0.717) is 31.9 Å². The molecule has 5 nitrogen and oxygen atoms in total. The molecule has 106 valence electrons. The van der Waals surface area contributed by atoms with E-state index < -0.39 is 11.9 Å². The molecule has 1 saturated heterocycles. The van der Waals surface area contributed by atoms with Gasteiger partial charge in [-0.3, -0.25) is 0 Å². The first kappa shape index (κ1) is 14.4. The standard InChI is InChI=1S/C11H12BF3N4O/c1-20-10-9(17-6-8(18-10)11(13,14)15)19-4-2-12(7-16)3-5-19/h6H,2-5H2,1H3. The number of halogens is 3. The molecule has 2 rings (SSSR count). The number of anilines is 1. The van der Waals surface area contributed by atoms with Gasteiger partial charge in [0.1, 0.15) is 0 Å². The Hall–Kier alpha value is -1.98. The highest BCUT2D eigenvalue weighted by atomic mass is 19.4. The Morgan fingerprint density at radius 2 is 2.05 bits per heavy atom. The quantitative estimate of drug-likeness (QED) is 0.776. The minimum Gasteiger partial charge on any atom is -0.478 e. The van der Waals surface area contributed by atoms with E-state index in [4.69, 9.17) is 10.00 Å². The molecule has 9 heteroatoms. The molecule has 0 N–H and O–H groups in total. The van der Waals surface area contributed by atoms with Crippen LogP contribution in [-0.4, -0.2) is 36.9 Å². The first-order valence-corrected chi connectivity index (χ1v) is 6.08. The van der Waals surface area contributed by atoms with E-state index in [1.165, 1.54) is 7.11 Å². The summed E-state index contributed by atoms with van der Waals surface area (Å²) < 4.78 is 42.6. The zero-order chi connectivity index (χ0) is 14.8. The van der Waals surface area contributed by atoms with Crippen molar-refractivity contribution in [2.45, 2.75) is 18.8 Å². The number of methoxy groups -OCH3 is 1. The van der Waals surface area contributed by atoms with E-state index in [1.54, 1.807) is 4.90 Å². The lowest BCUT2D eigenvalue weighted by Crippen LogP contribution is -2.37. The average Bonchev–Trinajstić information content (AvgIpc) is 2.45. The second-order valence-corrected chi connectivity index (χ2v) is 4.48. The number of hydrogen-bond donors (Lipinski definition) is 0. The molecule has 0 atom stereocenters. The summed E-state index contributed by atoms with van der Waals surface area (Å²) in [6.07, 6.45) is -2.54. The van der Waals surface area contributed by atoms with Crippen molar-refractivity contribution in [2.75, 3.05) is 25.1 Å². The number of alkyl halides is 3. The van der Waals surface area contributed by atoms with Gasteiger partial charge in [0.15, 0.2) is 11.5 Å². The van der Waals surface area contributed by atoms with E-state index in [2.05, 4.69) is 15.9 Å². The van der Waals surface area contributed by atoms with Crippen LogP contribution in [0.4, 0.5) is 19.0 Å². The summed E-state index contributed by atoms with van der Waals surface area (Å²) in [6, 6.07) is 0. The molecule has 0 aromatic carbocycles. The molecule has 1 aromatic rings. The lowest BCUT2D eigenvalue weighted by molar-refractivity contribution is -0.141. The second-order valence-electron chi connectivity index (χ2n) is 4.48. The zero-order valence-corrected chi connectivity index (χ0v) is 10.8. The summed E-state index contributed by atoms with van der Waals surface area (Å²) in [4.78, 5) is 9.08. The van der Waals surface area contributed by atoms with Crippen molar-refractivity contribution in [3.63, 3.8) is 0 Å². The van der Waals surface area contributed by atoms with E-state index >= 15 is 0 Å². The van der Waals surface area contributed by atoms with Gasteiger partial charge in [-0.05, 0) is 12.6 Å². The molecule has 0 bridgehead atoms. The fourth-order valence-electron chi connectivity index (χ4n) is 2.08. The van der Waals surface area contributed by atoms with Gasteiger partial charge < -0.3 is 9.64 Å². The van der Waals surface area contributed by atoms with E-state index in [1.807, 2.05) is 0 Å². The predicted molar refractivity (Wildman–Crippen MR) is 66.8 cm³/mol. The van der Waals surface area contributed by atoms with Gasteiger partial charge in [0.25, 0.3) is 12.6 Å². The molecule has 1 fully saturated rings. The van der Waals surface area contributed by atoms with Gasteiger partial charge in [0, 0.05) is 19.1 Å². The fourth-order valence-corrected chi connectivity index (χ4v) is 2.08. The normalized spacial score (nSPS) is 15.9. The minimum atomic E-state index is -4.55. The Labute approximate surface area is 114 Å². The maximum atomic E-state index is 12.6. The third kappa shape index (κ3) is 2.95. The van der Waals surface area contributed by atoms with E-state index in [9.17, 15) is 13.2 Å². The zero-order valence-electron chi connectivity index (χ0n) is 10.8. The van der Waals surface area contributed by atoms with Gasteiger partial charge in [0.2, 0.25) is 0 Å². The Morgan fingerprint density at radius 3 is 2.55 bits per heavy atom. The fraction of sp³-hybridized carbons (Fsp3) is 0.545. The molecule has 1 aliphatic heterocycles. The molecule has 20 heavy (non-hydrogen) atoms. The van der Waals surface area contributed by atoms with Crippen LogP contribution in [0, 0.1) is 11.2 Å². The van der Waals surface area contributed by atoms with Crippen LogP contribution >= 0.6 is 0 Å². The van der Waals surface area contributed by atoms with Crippen molar-refractivity contribution in [3.05, 3.63) is 11.9 Å². The monoisotopic (exact) mass is 284 g/mol. The third-order valence-electron chi connectivity index (χ3n) is 3.18. The summed E-state index contributed by atoms with van der Waals surface area (Å²) >= 11 is 0. The summed E-state index contributed by atoms with van der Waals surface area (Å²) in [5, 5.41) is 8.83. The number of nitriles is 1. The Kier molecular flexibility index (Phi) is 4.02. The topological polar surface area (TPSA) is 62.0 Å². The van der Waals surface area contributed by atoms with E-state index in [-0.39, 0.29) is 18.4 Å². The van der Waals surface area contributed by atoms with Crippen molar-refractivity contribution in [3.8, 4) is 11.8 Å². The largest absolute Gasteiger partial charge is 0.478 e. The number of aromatic nitrogens is 2. The Morgan fingerprint density at radius 1 is 1.40 bits per heavy atom. The van der Waals surface area contributed by atoms with Crippen LogP contribution in [0.1, 0.15) is 5.69 Å².